The molecule has 0 saturated carbocycles. The van der Waals surface area contributed by atoms with E-state index in [9.17, 15) is 8.42 Å². The van der Waals surface area contributed by atoms with Gasteiger partial charge in [0.1, 0.15) is 9.23 Å². The van der Waals surface area contributed by atoms with Crippen LogP contribution in [0.25, 0.3) is 0 Å². The zero-order chi connectivity index (χ0) is 14.0. The average Bonchev–Trinajstić information content (AvgIpc) is 2.70. The van der Waals surface area contributed by atoms with Crippen molar-refractivity contribution in [2.45, 2.75) is 36.6 Å². The molecule has 1 fully saturated rings. The van der Waals surface area contributed by atoms with E-state index in [1.807, 2.05) is 0 Å². The van der Waals surface area contributed by atoms with Crippen LogP contribution in [0.4, 0.5) is 0 Å². The number of thiophene rings is 1. The lowest BCUT2D eigenvalue weighted by Crippen LogP contribution is -2.43. The van der Waals surface area contributed by atoms with Crippen LogP contribution in [0.1, 0.15) is 25.7 Å². The van der Waals surface area contributed by atoms with E-state index in [0.29, 0.717) is 23.2 Å². The maximum atomic E-state index is 12.7. The van der Waals surface area contributed by atoms with Crippen molar-refractivity contribution in [2.24, 2.45) is 0 Å². The summed E-state index contributed by atoms with van der Waals surface area (Å²) in [5.74, 6) is 0.453. The van der Waals surface area contributed by atoms with Crippen LogP contribution in [0.3, 0.4) is 0 Å². The van der Waals surface area contributed by atoms with Gasteiger partial charge in [0, 0.05) is 18.5 Å². The minimum absolute atomic E-state index is 0.0361. The maximum Gasteiger partial charge on any atom is 0.245 e. The quantitative estimate of drug-likeness (QED) is 0.752. The highest BCUT2D eigenvalue weighted by atomic mass is 35.5. The summed E-state index contributed by atoms with van der Waals surface area (Å²) >= 11 is 18.7. The van der Waals surface area contributed by atoms with Gasteiger partial charge in [-0.25, -0.2) is 8.42 Å². The fraction of sp³-hybridized carbons (Fsp3) is 0.636. The molecule has 2 rings (SSSR count). The van der Waals surface area contributed by atoms with E-state index in [1.165, 1.54) is 10.4 Å². The molecule has 0 radical (unpaired) electrons. The lowest BCUT2D eigenvalue weighted by Gasteiger charge is -2.34. The normalized spacial score (nSPS) is 21.7. The fourth-order valence-electron chi connectivity index (χ4n) is 2.33. The number of hydrogen-bond donors (Lipinski definition) is 0. The highest BCUT2D eigenvalue weighted by molar-refractivity contribution is 7.89. The molecule has 108 valence electrons. The molecule has 0 spiro atoms. The Morgan fingerprint density at radius 3 is 2.68 bits per heavy atom. The van der Waals surface area contributed by atoms with Gasteiger partial charge in [0.15, 0.2) is 0 Å². The van der Waals surface area contributed by atoms with Gasteiger partial charge in [-0.05, 0) is 25.3 Å². The van der Waals surface area contributed by atoms with E-state index in [-0.39, 0.29) is 15.3 Å². The monoisotopic (exact) mass is 361 g/mol. The smallest absolute Gasteiger partial charge is 0.207 e. The molecule has 1 aromatic heterocycles. The Balaban J connectivity index is 2.34. The first-order chi connectivity index (χ1) is 8.96. The van der Waals surface area contributed by atoms with Crippen molar-refractivity contribution in [2.75, 3.05) is 12.4 Å². The summed E-state index contributed by atoms with van der Waals surface area (Å²) in [7, 11) is -3.57. The van der Waals surface area contributed by atoms with Crippen LogP contribution < -0.4 is 0 Å². The van der Waals surface area contributed by atoms with E-state index in [1.54, 1.807) is 0 Å². The molecule has 0 amide bonds. The van der Waals surface area contributed by atoms with Gasteiger partial charge in [0.05, 0.1) is 4.34 Å². The molecule has 0 aliphatic carbocycles. The minimum atomic E-state index is -3.57. The van der Waals surface area contributed by atoms with E-state index in [4.69, 9.17) is 34.8 Å². The molecule has 1 unspecified atom stereocenters. The van der Waals surface area contributed by atoms with Gasteiger partial charge in [-0.15, -0.1) is 22.9 Å². The van der Waals surface area contributed by atoms with Gasteiger partial charge in [-0.3, -0.25) is 0 Å². The van der Waals surface area contributed by atoms with Crippen LogP contribution in [-0.2, 0) is 10.0 Å². The van der Waals surface area contributed by atoms with E-state index >= 15 is 0 Å². The third-order valence-electron chi connectivity index (χ3n) is 3.23. The van der Waals surface area contributed by atoms with Crippen LogP contribution in [0.2, 0.25) is 8.67 Å². The summed E-state index contributed by atoms with van der Waals surface area (Å²) in [4.78, 5) is 0.116. The molecule has 3 nitrogen and oxygen atoms in total. The van der Waals surface area contributed by atoms with Crippen LogP contribution in [0.15, 0.2) is 11.0 Å². The second-order valence-electron chi connectivity index (χ2n) is 4.43. The Kier molecular flexibility index (Phi) is 5.42. The molecule has 1 aliphatic heterocycles. The molecular formula is C11H14Cl3NO2S2. The van der Waals surface area contributed by atoms with Crippen LogP contribution in [0.5, 0.6) is 0 Å². The minimum Gasteiger partial charge on any atom is -0.207 e. The second-order valence-corrected chi connectivity index (χ2v) is 8.95. The molecular weight excluding hydrogens is 349 g/mol. The Morgan fingerprint density at radius 1 is 1.37 bits per heavy atom. The average molecular weight is 363 g/mol. The molecule has 8 heteroatoms. The van der Waals surface area contributed by atoms with Crippen LogP contribution >= 0.6 is 46.1 Å². The highest BCUT2D eigenvalue weighted by Gasteiger charge is 2.35. The number of halogens is 3. The van der Waals surface area contributed by atoms with Crippen molar-refractivity contribution in [3.05, 3.63) is 14.7 Å². The Hall–Kier alpha value is 0.480. The molecule has 1 aliphatic rings. The number of hydrogen-bond acceptors (Lipinski definition) is 3. The molecule has 0 aromatic carbocycles. The predicted octanol–water partition coefficient (Wildman–Crippen LogP) is 4.23. The van der Waals surface area contributed by atoms with E-state index in [2.05, 4.69) is 0 Å². The Morgan fingerprint density at radius 2 is 2.11 bits per heavy atom. The van der Waals surface area contributed by atoms with Gasteiger partial charge >= 0.3 is 0 Å². The number of rotatable bonds is 4. The zero-order valence-corrected chi connectivity index (χ0v) is 14.0. The first-order valence-electron chi connectivity index (χ1n) is 5.99. The Labute approximate surface area is 132 Å². The van der Waals surface area contributed by atoms with Gasteiger partial charge in [-0.2, -0.15) is 4.31 Å². The zero-order valence-electron chi connectivity index (χ0n) is 10.1. The molecule has 1 atom stereocenters. The molecule has 0 bridgehead atoms. The highest BCUT2D eigenvalue weighted by Crippen LogP contribution is 2.37. The summed E-state index contributed by atoms with van der Waals surface area (Å²) < 4.78 is 27.4. The molecule has 0 N–H and O–H groups in total. The van der Waals surface area contributed by atoms with Gasteiger partial charge in [0.25, 0.3) is 0 Å². The first kappa shape index (κ1) is 15.9. The molecule has 1 aromatic rings. The first-order valence-corrected chi connectivity index (χ1v) is 9.54. The largest absolute Gasteiger partial charge is 0.245 e. The van der Waals surface area contributed by atoms with Gasteiger partial charge in [-0.1, -0.05) is 29.6 Å². The van der Waals surface area contributed by atoms with Crippen molar-refractivity contribution in [1.82, 2.24) is 4.31 Å². The molecule has 19 heavy (non-hydrogen) atoms. The summed E-state index contributed by atoms with van der Waals surface area (Å²) in [5.41, 5.74) is 0. The lowest BCUT2D eigenvalue weighted by atomic mass is 10.0. The second kappa shape index (κ2) is 6.50. The predicted molar refractivity (Wildman–Crippen MR) is 81.2 cm³/mol. The van der Waals surface area contributed by atoms with Crippen molar-refractivity contribution in [1.29, 1.82) is 0 Å². The van der Waals surface area contributed by atoms with Gasteiger partial charge in [0.2, 0.25) is 10.0 Å². The number of sulfonamides is 1. The third-order valence-corrected chi connectivity index (χ3v) is 7.15. The van der Waals surface area contributed by atoms with Crippen molar-refractivity contribution in [3.8, 4) is 0 Å². The molecule has 2 heterocycles. The lowest BCUT2D eigenvalue weighted by molar-refractivity contribution is 0.247. The van der Waals surface area contributed by atoms with Crippen molar-refractivity contribution < 1.29 is 8.42 Å². The molecule has 1 saturated heterocycles. The van der Waals surface area contributed by atoms with E-state index in [0.717, 1.165) is 30.6 Å². The van der Waals surface area contributed by atoms with E-state index < -0.39 is 10.0 Å². The number of nitrogens with zero attached hydrogens (tertiary/aromatic N) is 1. The Bertz CT molecular complexity index is 542. The van der Waals surface area contributed by atoms with Crippen molar-refractivity contribution >= 4 is 56.2 Å². The number of alkyl halides is 1. The fourth-order valence-corrected chi connectivity index (χ4v) is 6.42. The number of piperidine rings is 1. The SMILES string of the molecule is O=S(=O)(c1cc(Cl)sc1Cl)N1CCCCC1CCCl. The summed E-state index contributed by atoms with van der Waals surface area (Å²) in [6, 6.07) is 1.39. The topological polar surface area (TPSA) is 37.4 Å². The van der Waals surface area contributed by atoms with Crippen LogP contribution in [0, 0.1) is 0 Å². The summed E-state index contributed by atoms with van der Waals surface area (Å²) in [6.07, 6.45) is 3.41. The standard InChI is InChI=1S/C11H14Cl3NO2S2/c12-5-4-8-3-1-2-6-15(8)19(16,17)9-7-10(13)18-11(9)14/h7-8H,1-6H2. The van der Waals surface area contributed by atoms with Gasteiger partial charge < -0.3 is 0 Å². The third kappa shape index (κ3) is 3.39. The van der Waals surface area contributed by atoms with Crippen LogP contribution in [-0.4, -0.2) is 31.2 Å². The summed E-state index contributed by atoms with van der Waals surface area (Å²) in [6.45, 7) is 0.522. The maximum absolute atomic E-state index is 12.7. The summed E-state index contributed by atoms with van der Waals surface area (Å²) in [5, 5.41) is 0. The van der Waals surface area contributed by atoms with Crippen molar-refractivity contribution in [3.63, 3.8) is 0 Å².